The molecule has 400 valence electrons. The number of aromatic hydroxyl groups is 12. The van der Waals surface area contributed by atoms with Gasteiger partial charge in [-0.1, -0.05) is 48.5 Å². The van der Waals surface area contributed by atoms with Crippen molar-refractivity contribution in [1.82, 2.24) is 0 Å². The van der Waals surface area contributed by atoms with Gasteiger partial charge in [-0.05, 0) is 70.8 Å². The molecule has 0 bridgehead atoms. The van der Waals surface area contributed by atoms with E-state index < -0.39 is 21.7 Å². The summed E-state index contributed by atoms with van der Waals surface area (Å²) in [6.45, 7) is 0. The van der Waals surface area contributed by atoms with Gasteiger partial charge in [0.1, 0.15) is 138 Å². The lowest BCUT2D eigenvalue weighted by atomic mass is 10.0. The normalized spacial score (nSPS) is 10.8. The highest BCUT2D eigenvalue weighted by Crippen LogP contribution is 2.34. The number of benzene rings is 8. The van der Waals surface area contributed by atoms with E-state index in [0.29, 0.717) is 22.3 Å². The van der Waals surface area contributed by atoms with E-state index in [4.69, 9.17) is 17.7 Å². The third-order valence-corrected chi connectivity index (χ3v) is 12.1. The second-order valence-corrected chi connectivity index (χ2v) is 17.5. The van der Waals surface area contributed by atoms with Gasteiger partial charge in [0.15, 0.2) is 0 Å². The van der Waals surface area contributed by atoms with Crippen LogP contribution in [0.4, 0.5) is 0 Å². The van der Waals surface area contributed by atoms with E-state index in [9.17, 15) is 80.5 Å². The van der Waals surface area contributed by atoms with Crippen molar-refractivity contribution in [2.75, 3.05) is 0 Å². The third-order valence-electron chi connectivity index (χ3n) is 12.1. The van der Waals surface area contributed by atoms with Crippen LogP contribution < -0.4 is 21.7 Å². The first-order valence-electron chi connectivity index (χ1n) is 23.3. The summed E-state index contributed by atoms with van der Waals surface area (Å²) in [7, 11) is 0. The maximum Gasteiger partial charge on any atom is 0.204 e. The van der Waals surface area contributed by atoms with Crippen LogP contribution in [0.25, 0.3) is 88.4 Å². The van der Waals surface area contributed by atoms with Crippen molar-refractivity contribution in [1.29, 1.82) is 0 Å². The van der Waals surface area contributed by atoms with Crippen molar-refractivity contribution in [2.45, 2.75) is 0 Å². The Morgan fingerprint density at radius 3 is 0.575 bits per heavy atom. The summed E-state index contributed by atoms with van der Waals surface area (Å²) in [5, 5.41) is 114. The maximum absolute atomic E-state index is 12.4. The summed E-state index contributed by atoms with van der Waals surface area (Å²) >= 11 is 0. The Bertz CT molecular complexity index is 3970. The van der Waals surface area contributed by atoms with Crippen molar-refractivity contribution in [3.05, 3.63) is 212 Å². The van der Waals surface area contributed by atoms with Crippen molar-refractivity contribution in [3.8, 4) is 114 Å². The van der Waals surface area contributed by atoms with E-state index in [0.717, 1.165) is 24.3 Å². The fourth-order valence-electron chi connectivity index (χ4n) is 8.23. The molecule has 0 radical (unpaired) electrons. The topological polar surface area (TPSA) is 364 Å². The average molecular weight is 1080 g/mol. The Hall–Kier alpha value is -11.8. The molecule has 12 N–H and O–H groups in total. The third kappa shape index (κ3) is 11.0. The number of phenols is 12. The molecule has 0 saturated heterocycles. The molecule has 20 nitrogen and oxygen atoms in total. The smallest absolute Gasteiger partial charge is 0.204 e. The largest absolute Gasteiger partial charge is 0.508 e. The van der Waals surface area contributed by atoms with Crippen LogP contribution in [0.1, 0.15) is 0 Å². The van der Waals surface area contributed by atoms with Crippen LogP contribution in [0, 0.1) is 0 Å². The maximum atomic E-state index is 12.4. The molecule has 0 amide bonds. The Morgan fingerprint density at radius 1 is 0.225 bits per heavy atom. The minimum absolute atomic E-state index is 0.00775. The zero-order valence-corrected chi connectivity index (χ0v) is 40.8. The van der Waals surface area contributed by atoms with E-state index >= 15 is 0 Å². The second kappa shape index (κ2) is 21.8. The van der Waals surface area contributed by atoms with E-state index in [1.807, 2.05) is 0 Å². The van der Waals surface area contributed by atoms with E-state index in [1.165, 1.54) is 97.8 Å². The van der Waals surface area contributed by atoms with Gasteiger partial charge in [-0.3, -0.25) is 19.2 Å². The fraction of sp³-hybridized carbons (Fsp3) is 0. The standard InChI is InChI=1S/4C15H10O5/c4*16-9-3-1-8(2-4-9)11-7-20-13-6-10(17)5-12(18)14(13)15(11)19/h4*1-7,16-18H. The van der Waals surface area contributed by atoms with Crippen molar-refractivity contribution in [3.63, 3.8) is 0 Å². The molecule has 12 rings (SSSR count). The summed E-state index contributed by atoms with van der Waals surface area (Å²) in [5.74, 6) is -1.73. The van der Waals surface area contributed by atoms with E-state index in [2.05, 4.69) is 0 Å². The number of hydrogen-bond donors (Lipinski definition) is 12. The Balaban J connectivity index is 0.000000129. The van der Waals surface area contributed by atoms with Gasteiger partial charge >= 0.3 is 0 Å². The van der Waals surface area contributed by atoms with Crippen LogP contribution in [0.15, 0.2) is 207 Å². The zero-order valence-electron chi connectivity index (χ0n) is 40.8. The molecule has 20 heteroatoms. The highest BCUT2D eigenvalue weighted by molar-refractivity contribution is 5.91. The van der Waals surface area contributed by atoms with E-state index in [1.54, 1.807) is 48.5 Å². The SMILES string of the molecule is O=c1c(-c2ccc(O)cc2)coc2cc(O)cc(O)c12.O=c1c(-c2ccc(O)cc2)coc2cc(O)cc(O)c12.O=c1c(-c2ccc(O)cc2)coc2cc(O)cc(O)c12.O=c1c(-c2ccc(O)cc2)coc2cc(O)cc(O)c12. The Labute approximate surface area is 446 Å². The van der Waals surface area contributed by atoms with Gasteiger partial charge in [0, 0.05) is 48.5 Å². The monoisotopic (exact) mass is 1080 g/mol. The summed E-state index contributed by atoms with van der Waals surface area (Å²) in [6.07, 6.45) is 5.04. The van der Waals surface area contributed by atoms with Crippen LogP contribution in [0.2, 0.25) is 0 Å². The lowest BCUT2D eigenvalue weighted by Gasteiger charge is -2.05. The Kier molecular flexibility index (Phi) is 14.5. The molecular weight excluding hydrogens is 1040 g/mol. The number of rotatable bonds is 4. The molecule has 4 heterocycles. The molecule has 0 saturated carbocycles. The minimum Gasteiger partial charge on any atom is -0.508 e. The molecule has 4 aromatic heterocycles. The van der Waals surface area contributed by atoms with Crippen molar-refractivity contribution >= 4 is 43.9 Å². The number of hydrogen-bond acceptors (Lipinski definition) is 20. The van der Waals surface area contributed by atoms with Crippen LogP contribution in [0.5, 0.6) is 69.0 Å². The van der Waals surface area contributed by atoms with Gasteiger partial charge in [-0.25, -0.2) is 0 Å². The second-order valence-electron chi connectivity index (χ2n) is 17.5. The minimum atomic E-state index is -0.408. The summed E-state index contributed by atoms with van der Waals surface area (Å²) in [5.41, 5.74) is 2.09. The van der Waals surface area contributed by atoms with Gasteiger partial charge in [-0.15, -0.1) is 0 Å². The molecule has 8 aromatic carbocycles. The Morgan fingerprint density at radius 2 is 0.400 bits per heavy atom. The van der Waals surface area contributed by atoms with Crippen molar-refractivity contribution < 1.29 is 78.9 Å². The average Bonchev–Trinajstić information content (AvgIpc) is 3.47. The first-order valence-corrected chi connectivity index (χ1v) is 23.3. The van der Waals surface area contributed by atoms with Gasteiger partial charge in [0.2, 0.25) is 21.7 Å². The molecule has 0 aliphatic heterocycles. The number of phenolic OH excluding ortho intramolecular Hbond substituents is 12. The number of fused-ring (bicyclic) bond motifs is 4. The first-order chi connectivity index (χ1) is 38.2. The molecule has 0 unspecified atom stereocenters. The summed E-state index contributed by atoms with van der Waals surface area (Å²) in [4.78, 5) is 49.5. The molecule has 0 spiro atoms. The van der Waals surface area contributed by atoms with Crippen LogP contribution in [0.3, 0.4) is 0 Å². The predicted molar refractivity (Wildman–Crippen MR) is 292 cm³/mol. The molecule has 0 fully saturated rings. The molecule has 0 atom stereocenters. The lowest BCUT2D eigenvalue weighted by molar-refractivity contribution is 0.451. The fourth-order valence-corrected chi connectivity index (χ4v) is 8.23. The highest BCUT2D eigenvalue weighted by atomic mass is 16.3. The van der Waals surface area contributed by atoms with Gasteiger partial charge in [-0.2, -0.15) is 0 Å². The van der Waals surface area contributed by atoms with Crippen LogP contribution in [-0.4, -0.2) is 61.3 Å². The highest BCUT2D eigenvalue weighted by Gasteiger charge is 2.18. The van der Waals surface area contributed by atoms with Crippen LogP contribution >= 0.6 is 0 Å². The summed E-state index contributed by atoms with van der Waals surface area (Å²) in [6, 6.07) is 33.6. The molecule has 0 aliphatic rings. The van der Waals surface area contributed by atoms with E-state index in [-0.39, 0.29) is 135 Å². The molecule has 12 aromatic rings. The van der Waals surface area contributed by atoms with Gasteiger partial charge in [0.25, 0.3) is 0 Å². The molecule has 80 heavy (non-hydrogen) atoms. The summed E-state index contributed by atoms with van der Waals surface area (Å²) < 4.78 is 21.1. The van der Waals surface area contributed by atoms with Gasteiger partial charge in [0.05, 0.1) is 22.3 Å². The van der Waals surface area contributed by atoms with Gasteiger partial charge < -0.3 is 78.9 Å². The van der Waals surface area contributed by atoms with Crippen LogP contribution in [-0.2, 0) is 0 Å². The first kappa shape index (κ1) is 53.0. The molecular formula is C60H40O20. The lowest BCUT2D eigenvalue weighted by Crippen LogP contribution is -2.04. The molecule has 0 aliphatic carbocycles. The zero-order chi connectivity index (χ0) is 57.1. The quantitative estimate of drug-likeness (QED) is 0.0779. The predicted octanol–water partition coefficient (Wildman–Crippen LogP) is 10.3. The van der Waals surface area contributed by atoms with Crippen molar-refractivity contribution in [2.24, 2.45) is 0 Å².